The molecule has 0 saturated carbocycles. The SMILES string of the molecule is Clc1cccc2c1CC[C@H]1O[C@H]21. The first-order valence-electron chi connectivity index (χ1n) is 4.29. The smallest absolute Gasteiger partial charge is 0.109 e. The van der Waals surface area contributed by atoms with E-state index in [-0.39, 0.29) is 0 Å². The van der Waals surface area contributed by atoms with Gasteiger partial charge in [-0.3, -0.25) is 0 Å². The summed E-state index contributed by atoms with van der Waals surface area (Å²) in [5, 5.41) is 0.904. The van der Waals surface area contributed by atoms with Crippen LogP contribution in [0.15, 0.2) is 18.2 Å². The molecule has 1 nitrogen and oxygen atoms in total. The van der Waals surface area contributed by atoms with E-state index in [1.807, 2.05) is 12.1 Å². The van der Waals surface area contributed by atoms with E-state index in [1.165, 1.54) is 11.1 Å². The first kappa shape index (κ1) is 6.93. The Morgan fingerprint density at radius 3 is 3.25 bits per heavy atom. The molecule has 2 aliphatic rings. The highest BCUT2D eigenvalue weighted by molar-refractivity contribution is 6.31. The molecule has 1 aliphatic carbocycles. The zero-order valence-electron chi connectivity index (χ0n) is 6.59. The third kappa shape index (κ3) is 0.838. The van der Waals surface area contributed by atoms with Crippen LogP contribution in [0.1, 0.15) is 23.7 Å². The van der Waals surface area contributed by atoms with Crippen LogP contribution in [-0.2, 0) is 11.2 Å². The summed E-state index contributed by atoms with van der Waals surface area (Å²) in [4.78, 5) is 0. The van der Waals surface area contributed by atoms with Crippen LogP contribution in [0.4, 0.5) is 0 Å². The van der Waals surface area contributed by atoms with Crippen LogP contribution in [0.5, 0.6) is 0 Å². The molecule has 0 bridgehead atoms. The molecule has 1 aromatic carbocycles. The van der Waals surface area contributed by atoms with Crippen LogP contribution in [0.25, 0.3) is 0 Å². The zero-order chi connectivity index (χ0) is 8.13. The average molecular weight is 181 g/mol. The normalized spacial score (nSPS) is 30.8. The van der Waals surface area contributed by atoms with Gasteiger partial charge in [-0.2, -0.15) is 0 Å². The van der Waals surface area contributed by atoms with E-state index in [9.17, 15) is 0 Å². The standard InChI is InChI=1S/C10H9ClO/c11-8-3-1-2-7-6(8)4-5-9-10(7)12-9/h1-3,9-10H,4-5H2/t9-,10-/m1/s1. The Balaban J connectivity index is 2.18. The third-order valence-electron chi connectivity index (χ3n) is 2.72. The lowest BCUT2D eigenvalue weighted by molar-refractivity contribution is 0.373. The predicted molar refractivity (Wildman–Crippen MR) is 47.4 cm³/mol. The maximum absolute atomic E-state index is 6.07. The van der Waals surface area contributed by atoms with Crippen LogP contribution >= 0.6 is 11.6 Å². The van der Waals surface area contributed by atoms with Gasteiger partial charge in [0.05, 0.1) is 6.10 Å². The molecule has 0 amide bonds. The number of ether oxygens (including phenoxy) is 1. The van der Waals surface area contributed by atoms with E-state index >= 15 is 0 Å². The van der Waals surface area contributed by atoms with Crippen LogP contribution in [0.2, 0.25) is 5.02 Å². The van der Waals surface area contributed by atoms with Crippen molar-refractivity contribution in [3.05, 3.63) is 34.3 Å². The first-order valence-corrected chi connectivity index (χ1v) is 4.67. The van der Waals surface area contributed by atoms with Crippen molar-refractivity contribution in [1.29, 1.82) is 0 Å². The molecule has 0 aromatic heterocycles. The molecule has 1 saturated heterocycles. The summed E-state index contributed by atoms with van der Waals surface area (Å²) in [5.41, 5.74) is 2.62. The molecule has 1 heterocycles. The molecule has 12 heavy (non-hydrogen) atoms. The van der Waals surface area contributed by atoms with E-state index in [4.69, 9.17) is 16.3 Å². The van der Waals surface area contributed by atoms with Gasteiger partial charge in [0, 0.05) is 5.02 Å². The third-order valence-corrected chi connectivity index (χ3v) is 3.08. The molecule has 0 N–H and O–H groups in total. The number of benzene rings is 1. The van der Waals surface area contributed by atoms with Gasteiger partial charge >= 0.3 is 0 Å². The van der Waals surface area contributed by atoms with E-state index in [0.29, 0.717) is 12.2 Å². The second kappa shape index (κ2) is 2.24. The van der Waals surface area contributed by atoms with Crippen molar-refractivity contribution < 1.29 is 4.74 Å². The maximum Gasteiger partial charge on any atom is 0.109 e. The number of hydrogen-bond acceptors (Lipinski definition) is 1. The lowest BCUT2D eigenvalue weighted by atomic mass is 9.92. The van der Waals surface area contributed by atoms with Gasteiger partial charge in [0.2, 0.25) is 0 Å². The highest BCUT2D eigenvalue weighted by Gasteiger charge is 2.44. The van der Waals surface area contributed by atoms with Crippen LogP contribution in [0, 0.1) is 0 Å². The van der Waals surface area contributed by atoms with Gasteiger partial charge in [-0.05, 0) is 30.0 Å². The molecule has 1 fully saturated rings. The molecule has 1 aromatic rings. The highest BCUT2D eigenvalue weighted by Crippen LogP contribution is 2.48. The fourth-order valence-corrected chi connectivity index (χ4v) is 2.30. The van der Waals surface area contributed by atoms with Crippen molar-refractivity contribution in [1.82, 2.24) is 0 Å². The minimum atomic E-state index is 0.368. The van der Waals surface area contributed by atoms with E-state index < -0.39 is 0 Å². The van der Waals surface area contributed by atoms with Crippen molar-refractivity contribution in [2.75, 3.05) is 0 Å². The Labute approximate surface area is 76.3 Å². The average Bonchev–Trinajstić information content (AvgIpc) is 2.83. The predicted octanol–water partition coefficient (Wildman–Crippen LogP) is 2.73. The van der Waals surface area contributed by atoms with Gasteiger partial charge in [0.15, 0.2) is 0 Å². The molecular formula is C10H9ClO. The summed E-state index contributed by atoms with van der Waals surface area (Å²) in [5.74, 6) is 0. The second-order valence-corrected chi connectivity index (χ2v) is 3.85. The molecule has 1 aliphatic heterocycles. The summed E-state index contributed by atoms with van der Waals surface area (Å²) in [6.45, 7) is 0. The molecule has 62 valence electrons. The Morgan fingerprint density at radius 1 is 1.42 bits per heavy atom. The molecule has 0 unspecified atom stereocenters. The number of hydrogen-bond donors (Lipinski definition) is 0. The fraction of sp³-hybridized carbons (Fsp3) is 0.400. The lowest BCUT2D eigenvalue weighted by Gasteiger charge is -2.12. The maximum atomic E-state index is 6.07. The van der Waals surface area contributed by atoms with Crippen molar-refractivity contribution in [2.24, 2.45) is 0 Å². The van der Waals surface area contributed by atoms with Crippen LogP contribution in [-0.4, -0.2) is 6.10 Å². The quantitative estimate of drug-likeness (QED) is 0.560. The van der Waals surface area contributed by atoms with E-state index in [0.717, 1.165) is 17.9 Å². The van der Waals surface area contributed by atoms with Crippen molar-refractivity contribution >= 4 is 11.6 Å². The number of rotatable bonds is 0. The summed E-state index contributed by atoms with van der Waals surface area (Å²) >= 11 is 6.07. The highest BCUT2D eigenvalue weighted by atomic mass is 35.5. The minimum absolute atomic E-state index is 0.368. The monoisotopic (exact) mass is 180 g/mol. The molecule has 3 rings (SSSR count). The summed E-state index contributed by atoms with van der Waals surface area (Å²) in [6.07, 6.45) is 3.08. The van der Waals surface area contributed by atoms with Gasteiger partial charge in [0.1, 0.15) is 6.10 Å². The fourth-order valence-electron chi connectivity index (χ4n) is 2.03. The van der Waals surface area contributed by atoms with Gasteiger partial charge in [0.25, 0.3) is 0 Å². The molecule has 2 heteroatoms. The van der Waals surface area contributed by atoms with E-state index in [2.05, 4.69) is 6.07 Å². The molecule has 0 radical (unpaired) electrons. The van der Waals surface area contributed by atoms with Crippen LogP contribution in [0.3, 0.4) is 0 Å². The number of halogens is 1. The van der Waals surface area contributed by atoms with Crippen molar-refractivity contribution in [3.8, 4) is 0 Å². The Hall–Kier alpha value is -0.530. The Morgan fingerprint density at radius 2 is 2.33 bits per heavy atom. The summed E-state index contributed by atoms with van der Waals surface area (Å²) in [6, 6.07) is 6.10. The Kier molecular flexibility index (Phi) is 1.29. The summed E-state index contributed by atoms with van der Waals surface area (Å²) < 4.78 is 5.50. The first-order chi connectivity index (χ1) is 5.86. The van der Waals surface area contributed by atoms with Gasteiger partial charge in [-0.15, -0.1) is 0 Å². The second-order valence-electron chi connectivity index (χ2n) is 3.44. The number of fused-ring (bicyclic) bond motifs is 3. The Bertz CT molecular complexity index is 335. The minimum Gasteiger partial charge on any atom is -0.364 e. The van der Waals surface area contributed by atoms with Crippen LogP contribution < -0.4 is 0 Å². The molecule has 2 atom stereocenters. The van der Waals surface area contributed by atoms with Crippen molar-refractivity contribution in [3.63, 3.8) is 0 Å². The van der Waals surface area contributed by atoms with Gasteiger partial charge < -0.3 is 4.74 Å². The lowest BCUT2D eigenvalue weighted by Crippen LogP contribution is -2.04. The zero-order valence-corrected chi connectivity index (χ0v) is 7.34. The van der Waals surface area contributed by atoms with Gasteiger partial charge in [-0.1, -0.05) is 23.7 Å². The number of epoxide rings is 1. The van der Waals surface area contributed by atoms with Gasteiger partial charge in [-0.25, -0.2) is 0 Å². The van der Waals surface area contributed by atoms with E-state index in [1.54, 1.807) is 0 Å². The topological polar surface area (TPSA) is 12.5 Å². The largest absolute Gasteiger partial charge is 0.364 e. The summed E-state index contributed by atoms with van der Waals surface area (Å²) in [7, 11) is 0. The molecule has 0 spiro atoms. The molecular weight excluding hydrogens is 172 g/mol. The van der Waals surface area contributed by atoms with Crippen molar-refractivity contribution in [2.45, 2.75) is 25.0 Å².